The van der Waals surface area contributed by atoms with Crippen LogP contribution in [0.5, 0.6) is 0 Å². The summed E-state index contributed by atoms with van der Waals surface area (Å²) in [6.45, 7) is 5.86. The summed E-state index contributed by atoms with van der Waals surface area (Å²) in [7, 11) is 0. The van der Waals surface area contributed by atoms with Crippen LogP contribution in [0.1, 0.15) is 19.8 Å². The highest BCUT2D eigenvalue weighted by atomic mass is 32.2. The minimum Gasteiger partial charge on any atom is -0.371 e. The fourth-order valence-electron chi connectivity index (χ4n) is 2.69. The van der Waals surface area contributed by atoms with Crippen LogP contribution in [0.3, 0.4) is 0 Å². The Labute approximate surface area is 122 Å². The van der Waals surface area contributed by atoms with Crippen molar-refractivity contribution in [3.05, 3.63) is 30.3 Å². The molecule has 0 spiro atoms. The van der Waals surface area contributed by atoms with Gasteiger partial charge in [0, 0.05) is 24.8 Å². The molecule has 1 heterocycles. The predicted octanol–water partition coefficient (Wildman–Crippen LogP) is 3.24. The van der Waals surface area contributed by atoms with Crippen molar-refractivity contribution in [1.82, 2.24) is 5.32 Å². The minimum atomic E-state index is 0.712. The molecule has 0 radical (unpaired) electrons. The van der Waals surface area contributed by atoms with Gasteiger partial charge in [-0.1, -0.05) is 25.1 Å². The molecule has 106 valence electrons. The van der Waals surface area contributed by atoms with Crippen molar-refractivity contribution >= 4 is 17.4 Å². The standard InChI is InChI=1S/C16H26N2S/c1-14(13-19-2)12-17-15-8-10-18(11-9-15)16-6-4-3-5-7-16/h3-7,14-15,17H,8-13H2,1-2H3. The Morgan fingerprint density at radius 2 is 1.95 bits per heavy atom. The van der Waals surface area contributed by atoms with Crippen molar-refractivity contribution in [1.29, 1.82) is 0 Å². The molecule has 0 amide bonds. The van der Waals surface area contributed by atoms with Crippen molar-refractivity contribution in [3.63, 3.8) is 0 Å². The number of nitrogens with one attached hydrogen (secondary N) is 1. The summed E-state index contributed by atoms with van der Waals surface area (Å²) in [5.74, 6) is 2.04. The van der Waals surface area contributed by atoms with Crippen LogP contribution in [-0.4, -0.2) is 37.7 Å². The molecule has 1 atom stereocenters. The van der Waals surface area contributed by atoms with Gasteiger partial charge in [0.25, 0.3) is 0 Å². The molecule has 2 rings (SSSR count). The Morgan fingerprint density at radius 3 is 2.58 bits per heavy atom. The molecule has 1 aliphatic rings. The number of hydrogen-bond acceptors (Lipinski definition) is 3. The van der Waals surface area contributed by atoms with E-state index < -0.39 is 0 Å². The third kappa shape index (κ3) is 4.73. The van der Waals surface area contributed by atoms with Gasteiger partial charge >= 0.3 is 0 Å². The zero-order valence-electron chi connectivity index (χ0n) is 12.1. The van der Waals surface area contributed by atoms with Gasteiger partial charge in [-0.2, -0.15) is 11.8 Å². The van der Waals surface area contributed by atoms with Gasteiger partial charge < -0.3 is 10.2 Å². The van der Waals surface area contributed by atoms with Gasteiger partial charge in [0.05, 0.1) is 0 Å². The lowest BCUT2D eigenvalue weighted by atomic mass is 10.0. The number of para-hydroxylation sites is 1. The monoisotopic (exact) mass is 278 g/mol. The Hall–Kier alpha value is -0.670. The first kappa shape index (κ1) is 14.7. The molecule has 1 aliphatic heterocycles. The van der Waals surface area contributed by atoms with Crippen molar-refractivity contribution < 1.29 is 0 Å². The lowest BCUT2D eigenvalue weighted by Crippen LogP contribution is -2.43. The quantitative estimate of drug-likeness (QED) is 0.860. The van der Waals surface area contributed by atoms with Crippen LogP contribution in [-0.2, 0) is 0 Å². The molecule has 0 bridgehead atoms. The SMILES string of the molecule is CSCC(C)CNC1CCN(c2ccccc2)CC1. The molecular formula is C16H26N2S. The molecule has 1 N–H and O–H groups in total. The average Bonchev–Trinajstić information content (AvgIpc) is 2.47. The maximum absolute atomic E-state index is 3.74. The molecule has 0 aliphatic carbocycles. The van der Waals surface area contributed by atoms with Crippen LogP contribution >= 0.6 is 11.8 Å². The highest BCUT2D eigenvalue weighted by Gasteiger charge is 2.19. The molecule has 3 heteroatoms. The molecule has 1 aromatic carbocycles. The molecule has 1 fully saturated rings. The molecule has 19 heavy (non-hydrogen) atoms. The Bertz CT molecular complexity index is 347. The van der Waals surface area contributed by atoms with Crippen LogP contribution < -0.4 is 10.2 Å². The van der Waals surface area contributed by atoms with Crippen molar-refractivity contribution in [3.8, 4) is 0 Å². The fraction of sp³-hybridized carbons (Fsp3) is 0.625. The predicted molar refractivity (Wildman–Crippen MR) is 87.2 cm³/mol. The molecule has 1 unspecified atom stereocenters. The Morgan fingerprint density at radius 1 is 1.26 bits per heavy atom. The average molecular weight is 278 g/mol. The van der Waals surface area contributed by atoms with Gasteiger partial charge in [0.15, 0.2) is 0 Å². The molecular weight excluding hydrogens is 252 g/mol. The van der Waals surface area contributed by atoms with Gasteiger partial charge in [0.1, 0.15) is 0 Å². The van der Waals surface area contributed by atoms with Crippen LogP contribution in [0.4, 0.5) is 5.69 Å². The topological polar surface area (TPSA) is 15.3 Å². The van der Waals surface area contributed by atoms with Crippen LogP contribution in [0.25, 0.3) is 0 Å². The second-order valence-electron chi connectivity index (χ2n) is 5.57. The van der Waals surface area contributed by atoms with E-state index in [1.165, 1.54) is 37.4 Å². The zero-order chi connectivity index (χ0) is 13.5. The number of rotatable bonds is 6. The molecule has 0 aromatic heterocycles. The van der Waals surface area contributed by atoms with Crippen molar-refractivity contribution in [2.24, 2.45) is 5.92 Å². The third-order valence-corrected chi connectivity index (χ3v) is 4.72. The minimum absolute atomic E-state index is 0.712. The van der Waals surface area contributed by atoms with E-state index >= 15 is 0 Å². The third-order valence-electron chi connectivity index (χ3n) is 3.82. The second-order valence-corrected chi connectivity index (χ2v) is 6.48. The Kier molecular flexibility index (Phi) is 6.05. The van der Waals surface area contributed by atoms with E-state index in [0.29, 0.717) is 6.04 Å². The maximum Gasteiger partial charge on any atom is 0.0366 e. The number of thioether (sulfide) groups is 1. The smallest absolute Gasteiger partial charge is 0.0366 e. The van der Waals surface area contributed by atoms with Gasteiger partial charge in [-0.15, -0.1) is 0 Å². The number of piperidine rings is 1. The van der Waals surface area contributed by atoms with Gasteiger partial charge in [-0.3, -0.25) is 0 Å². The van der Waals surface area contributed by atoms with Gasteiger partial charge in [-0.25, -0.2) is 0 Å². The number of hydrogen-bond donors (Lipinski definition) is 1. The van der Waals surface area contributed by atoms with Crippen molar-refractivity contribution in [2.75, 3.05) is 36.5 Å². The van der Waals surface area contributed by atoms with E-state index in [0.717, 1.165) is 12.5 Å². The molecule has 2 nitrogen and oxygen atoms in total. The second kappa shape index (κ2) is 7.81. The summed E-state index contributed by atoms with van der Waals surface area (Å²) in [5.41, 5.74) is 1.37. The summed E-state index contributed by atoms with van der Waals surface area (Å²) in [5, 5.41) is 3.74. The first-order chi connectivity index (χ1) is 9.29. The number of anilines is 1. The maximum atomic E-state index is 3.74. The molecule has 1 saturated heterocycles. The zero-order valence-corrected chi connectivity index (χ0v) is 13.0. The highest BCUT2D eigenvalue weighted by Crippen LogP contribution is 2.19. The Balaban J connectivity index is 1.71. The van der Waals surface area contributed by atoms with Crippen LogP contribution in [0.15, 0.2) is 30.3 Å². The van der Waals surface area contributed by atoms with Crippen molar-refractivity contribution in [2.45, 2.75) is 25.8 Å². The molecule has 0 saturated carbocycles. The van der Waals surface area contributed by atoms with Crippen LogP contribution in [0.2, 0.25) is 0 Å². The summed E-state index contributed by atoms with van der Waals surface area (Å²) in [6.07, 6.45) is 4.72. The lowest BCUT2D eigenvalue weighted by molar-refractivity contribution is 0.394. The number of benzene rings is 1. The van der Waals surface area contributed by atoms with E-state index in [-0.39, 0.29) is 0 Å². The lowest BCUT2D eigenvalue weighted by Gasteiger charge is -2.34. The van der Waals surface area contributed by atoms with Gasteiger partial charge in [-0.05, 0) is 49.4 Å². The van der Waals surface area contributed by atoms with E-state index in [1.54, 1.807) is 0 Å². The summed E-state index contributed by atoms with van der Waals surface area (Å²) >= 11 is 1.95. The molecule has 1 aromatic rings. The van der Waals surface area contributed by atoms with E-state index in [1.807, 2.05) is 11.8 Å². The van der Waals surface area contributed by atoms with Gasteiger partial charge in [0.2, 0.25) is 0 Å². The fourth-order valence-corrected chi connectivity index (χ4v) is 3.38. The summed E-state index contributed by atoms with van der Waals surface area (Å²) < 4.78 is 0. The van der Waals surface area contributed by atoms with E-state index in [4.69, 9.17) is 0 Å². The largest absolute Gasteiger partial charge is 0.371 e. The first-order valence-corrected chi connectivity index (χ1v) is 8.71. The van der Waals surface area contributed by atoms with E-state index in [9.17, 15) is 0 Å². The summed E-state index contributed by atoms with van der Waals surface area (Å²) in [4.78, 5) is 2.50. The van der Waals surface area contributed by atoms with E-state index in [2.05, 4.69) is 53.7 Å². The van der Waals surface area contributed by atoms with Crippen LogP contribution in [0, 0.1) is 5.92 Å². The summed E-state index contributed by atoms with van der Waals surface area (Å²) in [6, 6.07) is 11.5. The first-order valence-electron chi connectivity index (χ1n) is 7.32. The normalized spacial score (nSPS) is 18.5. The highest BCUT2D eigenvalue weighted by molar-refractivity contribution is 7.98. The number of nitrogens with zero attached hydrogens (tertiary/aromatic N) is 1.